The van der Waals surface area contributed by atoms with E-state index >= 15 is 0 Å². The van der Waals surface area contributed by atoms with Crippen molar-refractivity contribution in [3.8, 4) is 135 Å². The number of nitrogens with zero attached hydrogens (tertiary/aromatic N) is 5. The first-order valence-electron chi connectivity index (χ1n) is 33.1. The second-order valence-corrected chi connectivity index (χ2v) is 25.2. The molecule has 8 nitrogen and oxygen atoms in total. The number of pyridine rings is 1. The third kappa shape index (κ3) is 10.8. The van der Waals surface area contributed by atoms with Gasteiger partial charge in [-0.1, -0.05) is 237 Å². The molecule has 0 amide bonds. The van der Waals surface area contributed by atoms with Crippen molar-refractivity contribution in [2.24, 2.45) is 0 Å². The van der Waals surface area contributed by atoms with Crippen molar-refractivity contribution in [2.45, 2.75) is 0 Å². The van der Waals surface area contributed by atoms with Crippen LogP contribution in [0.25, 0.3) is 200 Å². The molecule has 0 radical (unpaired) electrons. The van der Waals surface area contributed by atoms with Crippen molar-refractivity contribution in [2.75, 3.05) is 0 Å². The highest BCUT2D eigenvalue weighted by atomic mass is 16.3. The van der Waals surface area contributed by atoms with E-state index in [1.165, 1.54) is 22.3 Å². The molecule has 19 rings (SSSR count). The number of aromatic nitrogens is 5. The highest BCUT2D eigenvalue weighted by Crippen LogP contribution is 2.43. The molecular weight excluding hydrogens is 1210 g/mol. The summed E-state index contributed by atoms with van der Waals surface area (Å²) in [5.74, 6) is 2.73. The molecule has 462 valence electrons. The molecule has 0 aliphatic heterocycles. The van der Waals surface area contributed by atoms with Gasteiger partial charge in [-0.05, 0) is 151 Å². The summed E-state index contributed by atoms with van der Waals surface area (Å²) in [5, 5.41) is 8.59. The lowest BCUT2D eigenvalue weighted by molar-refractivity contribution is 0.631. The van der Waals surface area contributed by atoms with Crippen LogP contribution in [-0.4, -0.2) is 24.9 Å². The van der Waals surface area contributed by atoms with E-state index in [0.717, 1.165) is 166 Å². The van der Waals surface area contributed by atoms with E-state index in [4.69, 9.17) is 33.2 Å². The molecule has 8 heteroatoms. The second kappa shape index (κ2) is 23.8. The highest BCUT2D eigenvalue weighted by molar-refractivity contribution is 6.09. The zero-order chi connectivity index (χ0) is 65.3. The zero-order valence-corrected chi connectivity index (χ0v) is 53.2. The minimum Gasteiger partial charge on any atom is -0.456 e. The van der Waals surface area contributed by atoms with Crippen molar-refractivity contribution >= 4 is 65.4 Å². The summed E-state index contributed by atoms with van der Waals surface area (Å²) in [6.45, 7) is 0. The maximum Gasteiger partial charge on any atom is 0.161 e. The van der Waals surface area contributed by atoms with Gasteiger partial charge in [-0.25, -0.2) is 19.9 Å². The number of hydrogen-bond donors (Lipinski definition) is 0. The summed E-state index contributed by atoms with van der Waals surface area (Å²) >= 11 is 0. The third-order valence-electron chi connectivity index (χ3n) is 19.0. The molecule has 0 fully saturated rings. The van der Waals surface area contributed by atoms with Gasteiger partial charge in [-0.3, -0.25) is 4.98 Å². The Bertz CT molecular complexity index is 6290. The fourth-order valence-electron chi connectivity index (χ4n) is 13.8. The summed E-state index contributed by atoms with van der Waals surface area (Å²) in [6.07, 6.45) is 3.67. The van der Waals surface area contributed by atoms with Crippen LogP contribution in [0, 0.1) is 0 Å². The number of hydrogen-bond acceptors (Lipinski definition) is 8. The number of rotatable bonds is 12. The Morgan fingerprint density at radius 1 is 0.202 bits per heavy atom. The average molecular weight is 1270 g/mol. The van der Waals surface area contributed by atoms with Crippen molar-refractivity contribution in [3.05, 3.63) is 334 Å². The third-order valence-corrected chi connectivity index (χ3v) is 19.0. The molecule has 0 saturated heterocycles. The molecule has 0 unspecified atom stereocenters. The molecule has 19 aromatic rings. The van der Waals surface area contributed by atoms with Gasteiger partial charge in [0.05, 0.1) is 22.8 Å². The Hall–Kier alpha value is -13.4. The van der Waals surface area contributed by atoms with Crippen LogP contribution in [0.5, 0.6) is 0 Å². The van der Waals surface area contributed by atoms with Gasteiger partial charge in [0.2, 0.25) is 0 Å². The van der Waals surface area contributed by atoms with Crippen LogP contribution in [0.1, 0.15) is 0 Å². The Balaban J connectivity index is 0.694. The Kier molecular flexibility index (Phi) is 13.7. The molecule has 0 spiro atoms. The number of furan rings is 3. The number of benzene rings is 13. The van der Waals surface area contributed by atoms with Gasteiger partial charge in [-0.2, -0.15) is 0 Å². The molecule has 0 aliphatic carbocycles. The fourth-order valence-corrected chi connectivity index (χ4v) is 13.8. The summed E-state index contributed by atoms with van der Waals surface area (Å²) in [6, 6.07) is 112. The molecular formula is C91H55N5O3. The fraction of sp³-hybridized carbons (Fsp3) is 0. The standard InChI is InChI=1S/C91H55N5O3/c1-3-12-56(13-4-1)64-33-35-68-46-71(40-37-66(68)44-64)82-53-80(93-90(94-82)63-31-21-58(22-32-63)75-17-11-43-92-55-75)59-23-29-62(30-24-59)87-50-74-42-39-70(48-88(74)99-87)77-51-78-76-18-8-10-20-85(76)98-89(78)52-79(77)91-95-81(60-25-27-61(28-26-60)86-49-73-16-7-9-19-84(73)97-86)54-83(96-91)72-41-38-67-45-65(34-36-69(67)47-72)57-14-5-2-6-15-57/h1-55H. The van der Waals surface area contributed by atoms with Crippen molar-refractivity contribution in [1.29, 1.82) is 0 Å². The van der Waals surface area contributed by atoms with Gasteiger partial charge in [0.25, 0.3) is 0 Å². The van der Waals surface area contributed by atoms with E-state index in [-0.39, 0.29) is 0 Å². The van der Waals surface area contributed by atoms with Crippen LogP contribution >= 0.6 is 0 Å². The second-order valence-electron chi connectivity index (χ2n) is 25.2. The average Bonchev–Trinajstić information content (AvgIpc) is 1.28. The normalized spacial score (nSPS) is 11.6. The summed E-state index contributed by atoms with van der Waals surface area (Å²) in [7, 11) is 0. The van der Waals surface area contributed by atoms with Gasteiger partial charge in [0.1, 0.15) is 33.9 Å². The monoisotopic (exact) mass is 1270 g/mol. The van der Waals surface area contributed by atoms with Crippen molar-refractivity contribution < 1.29 is 13.3 Å². The van der Waals surface area contributed by atoms with Gasteiger partial charge in [0.15, 0.2) is 11.6 Å². The van der Waals surface area contributed by atoms with E-state index in [2.05, 4.69) is 278 Å². The van der Waals surface area contributed by atoms with Gasteiger partial charge in [-0.15, -0.1) is 0 Å². The van der Waals surface area contributed by atoms with Crippen LogP contribution in [0.4, 0.5) is 0 Å². The first-order valence-corrected chi connectivity index (χ1v) is 33.1. The van der Waals surface area contributed by atoms with Gasteiger partial charge >= 0.3 is 0 Å². The molecule has 99 heavy (non-hydrogen) atoms. The first-order chi connectivity index (χ1) is 48.9. The number of fused-ring (bicyclic) bond motifs is 7. The highest BCUT2D eigenvalue weighted by Gasteiger charge is 2.22. The predicted molar refractivity (Wildman–Crippen MR) is 402 cm³/mol. The number of para-hydroxylation sites is 2. The molecule has 6 aromatic heterocycles. The zero-order valence-electron chi connectivity index (χ0n) is 53.2. The van der Waals surface area contributed by atoms with Crippen LogP contribution in [0.2, 0.25) is 0 Å². The van der Waals surface area contributed by atoms with Crippen LogP contribution < -0.4 is 0 Å². The van der Waals surface area contributed by atoms with Crippen LogP contribution in [0.3, 0.4) is 0 Å². The van der Waals surface area contributed by atoms with E-state index < -0.39 is 0 Å². The first kappa shape index (κ1) is 57.1. The predicted octanol–water partition coefficient (Wildman–Crippen LogP) is 24.4. The lowest BCUT2D eigenvalue weighted by Gasteiger charge is -2.14. The quantitative estimate of drug-likeness (QED) is 0.119. The van der Waals surface area contributed by atoms with Crippen LogP contribution in [-0.2, 0) is 0 Å². The maximum absolute atomic E-state index is 6.91. The Morgan fingerprint density at radius 2 is 0.636 bits per heavy atom. The summed E-state index contributed by atoms with van der Waals surface area (Å²) < 4.78 is 19.9. The smallest absolute Gasteiger partial charge is 0.161 e. The SMILES string of the molecule is c1ccc(-c2ccc3cc(-c4cc(-c5ccc(-c6cc7ccc(-c8cc9c(cc8-c8nc(-c%10ccc(-c%11cc%12ccccc%12o%11)cc%10)cc(-c%10ccc%11cc(-c%12ccccc%12)ccc%11c%10)n8)oc8ccccc89)cc7o6)cc5)nc(-c5ccc(-c6cccnc6)cc5)n4)ccc3c2)cc1. The molecule has 0 N–H and O–H groups in total. The van der Waals surface area contributed by atoms with Gasteiger partial charge in [0, 0.05) is 78.4 Å². The maximum atomic E-state index is 6.91. The Morgan fingerprint density at radius 3 is 1.22 bits per heavy atom. The van der Waals surface area contributed by atoms with E-state index in [0.29, 0.717) is 11.6 Å². The molecule has 0 aliphatic rings. The molecule has 0 saturated carbocycles. The topological polar surface area (TPSA) is 104 Å². The minimum absolute atomic E-state index is 0.553. The Labute approximate surface area is 569 Å². The van der Waals surface area contributed by atoms with Gasteiger partial charge < -0.3 is 13.3 Å². The van der Waals surface area contributed by atoms with Crippen LogP contribution in [0.15, 0.2) is 347 Å². The van der Waals surface area contributed by atoms with Crippen molar-refractivity contribution in [3.63, 3.8) is 0 Å². The largest absolute Gasteiger partial charge is 0.456 e. The minimum atomic E-state index is 0.553. The lowest BCUT2D eigenvalue weighted by atomic mass is 9.95. The summed E-state index contributed by atoms with van der Waals surface area (Å²) in [5.41, 5.74) is 22.5. The molecule has 6 heterocycles. The van der Waals surface area contributed by atoms with Crippen molar-refractivity contribution in [1.82, 2.24) is 24.9 Å². The van der Waals surface area contributed by atoms with E-state index in [9.17, 15) is 0 Å². The molecule has 0 bridgehead atoms. The summed E-state index contributed by atoms with van der Waals surface area (Å²) in [4.78, 5) is 25.9. The lowest BCUT2D eigenvalue weighted by Crippen LogP contribution is -1.98. The molecule has 0 atom stereocenters. The van der Waals surface area contributed by atoms with E-state index in [1.807, 2.05) is 54.7 Å². The molecule has 13 aromatic carbocycles. The van der Waals surface area contributed by atoms with E-state index in [1.54, 1.807) is 6.20 Å².